The van der Waals surface area contributed by atoms with Crippen molar-refractivity contribution in [1.29, 1.82) is 0 Å². The molecule has 1 aliphatic heterocycles. The summed E-state index contributed by atoms with van der Waals surface area (Å²) in [6, 6.07) is 5.97. The molecule has 2 rings (SSSR count). The molecule has 1 aliphatic rings. The van der Waals surface area contributed by atoms with Crippen LogP contribution < -0.4 is 0 Å². The molecule has 0 aromatic heterocycles. The second-order valence-electron chi connectivity index (χ2n) is 6.41. The van der Waals surface area contributed by atoms with Gasteiger partial charge < -0.3 is 10.0 Å². The lowest BCUT2D eigenvalue weighted by Gasteiger charge is -2.33. The summed E-state index contributed by atoms with van der Waals surface area (Å²) in [5.74, 6) is -1.46. The van der Waals surface area contributed by atoms with Gasteiger partial charge in [0.25, 0.3) is 0 Å². The van der Waals surface area contributed by atoms with E-state index in [0.717, 1.165) is 0 Å². The highest BCUT2D eigenvalue weighted by Crippen LogP contribution is 2.25. The fraction of sp³-hybridized carbons (Fsp3) is 0.529. The lowest BCUT2D eigenvalue weighted by atomic mass is 9.98. The number of nitrogens with zero attached hydrogens (tertiary/aromatic N) is 2. The maximum atomic E-state index is 12.8. The van der Waals surface area contributed by atoms with Gasteiger partial charge in [-0.3, -0.25) is 9.59 Å². The maximum absolute atomic E-state index is 12.8. The van der Waals surface area contributed by atoms with Crippen molar-refractivity contribution in [2.24, 2.45) is 5.92 Å². The fourth-order valence-electron chi connectivity index (χ4n) is 3.01. The van der Waals surface area contributed by atoms with Gasteiger partial charge in [-0.2, -0.15) is 4.31 Å². The van der Waals surface area contributed by atoms with Crippen LogP contribution >= 0.6 is 11.6 Å². The number of piperidine rings is 1. The molecule has 9 heteroatoms. The summed E-state index contributed by atoms with van der Waals surface area (Å²) >= 11 is 5.81. The van der Waals surface area contributed by atoms with E-state index in [4.69, 9.17) is 16.7 Å². The third-order valence-corrected chi connectivity index (χ3v) is 6.58. The number of aliphatic carboxylic acids is 1. The van der Waals surface area contributed by atoms with Crippen molar-refractivity contribution in [2.45, 2.75) is 30.6 Å². The zero-order valence-corrected chi connectivity index (χ0v) is 16.2. The number of rotatable bonds is 7. The van der Waals surface area contributed by atoms with E-state index in [1.807, 2.05) is 0 Å². The van der Waals surface area contributed by atoms with Crippen molar-refractivity contribution in [3.8, 4) is 0 Å². The number of halogens is 1. The fourth-order valence-corrected chi connectivity index (χ4v) is 4.66. The molecular formula is C17H23ClN2O5S. The van der Waals surface area contributed by atoms with Gasteiger partial charge in [-0.1, -0.05) is 11.6 Å². The third-order valence-electron chi connectivity index (χ3n) is 4.45. The van der Waals surface area contributed by atoms with Gasteiger partial charge >= 0.3 is 5.97 Å². The van der Waals surface area contributed by atoms with E-state index in [9.17, 15) is 18.0 Å². The number of hydrogen-bond acceptors (Lipinski definition) is 4. The van der Waals surface area contributed by atoms with Crippen LogP contribution in [0.5, 0.6) is 0 Å². The van der Waals surface area contributed by atoms with Gasteiger partial charge in [-0.25, -0.2) is 8.42 Å². The topological polar surface area (TPSA) is 95.0 Å². The quantitative estimate of drug-likeness (QED) is 0.753. The average molecular weight is 403 g/mol. The molecule has 1 amide bonds. The lowest BCUT2D eigenvalue weighted by molar-refractivity contribution is -0.139. The minimum absolute atomic E-state index is 0.000637. The van der Waals surface area contributed by atoms with Crippen LogP contribution in [0.3, 0.4) is 0 Å². The second-order valence-corrected chi connectivity index (χ2v) is 8.79. The molecule has 1 atom stereocenters. The Morgan fingerprint density at radius 3 is 2.58 bits per heavy atom. The summed E-state index contributed by atoms with van der Waals surface area (Å²) in [4.78, 5) is 24.8. The number of carbonyl (C=O) groups is 2. The highest BCUT2D eigenvalue weighted by atomic mass is 35.5. The van der Waals surface area contributed by atoms with Crippen LogP contribution in [0.4, 0.5) is 0 Å². The van der Waals surface area contributed by atoms with Gasteiger partial charge in [0.05, 0.1) is 10.8 Å². The van der Waals surface area contributed by atoms with Crippen LogP contribution in [0.1, 0.15) is 25.7 Å². The van der Waals surface area contributed by atoms with Crippen molar-refractivity contribution < 1.29 is 23.1 Å². The summed E-state index contributed by atoms with van der Waals surface area (Å²) in [5, 5.41) is 9.14. The molecule has 1 aromatic rings. The summed E-state index contributed by atoms with van der Waals surface area (Å²) in [7, 11) is -2.05. The molecule has 0 aliphatic carbocycles. The van der Waals surface area contributed by atoms with Crippen LogP contribution in [0.15, 0.2) is 29.2 Å². The van der Waals surface area contributed by atoms with Crippen molar-refractivity contribution >= 4 is 33.5 Å². The second kappa shape index (κ2) is 8.83. The molecule has 1 N–H and O–H groups in total. The highest BCUT2D eigenvalue weighted by Gasteiger charge is 2.34. The normalized spacial score (nSPS) is 18.5. The first-order valence-electron chi connectivity index (χ1n) is 8.44. The predicted octanol–water partition coefficient (Wildman–Crippen LogP) is 2.06. The molecule has 1 saturated heterocycles. The van der Waals surface area contributed by atoms with E-state index >= 15 is 0 Å². The van der Waals surface area contributed by atoms with Crippen LogP contribution in [0, 0.1) is 5.92 Å². The maximum Gasteiger partial charge on any atom is 0.303 e. The van der Waals surface area contributed by atoms with E-state index in [-0.39, 0.29) is 23.8 Å². The number of carboxylic acid groups (broad SMARTS) is 1. The molecule has 0 spiro atoms. The Hall–Kier alpha value is -1.64. The smallest absolute Gasteiger partial charge is 0.303 e. The first kappa shape index (κ1) is 20.7. The van der Waals surface area contributed by atoms with Gasteiger partial charge in [0.1, 0.15) is 0 Å². The number of sulfonamides is 1. The number of carbonyl (C=O) groups excluding carboxylic acids is 1. The Morgan fingerprint density at radius 2 is 1.96 bits per heavy atom. The van der Waals surface area contributed by atoms with E-state index in [1.54, 1.807) is 7.05 Å². The summed E-state index contributed by atoms with van der Waals surface area (Å²) in [6.45, 7) is 0.843. The minimum Gasteiger partial charge on any atom is -0.481 e. The monoisotopic (exact) mass is 402 g/mol. The molecule has 1 aromatic carbocycles. The summed E-state index contributed by atoms with van der Waals surface area (Å²) in [6.07, 6.45) is 1.59. The van der Waals surface area contributed by atoms with Crippen molar-refractivity contribution in [3.05, 3.63) is 29.3 Å². The van der Waals surface area contributed by atoms with Gasteiger partial charge in [-0.05, 0) is 43.5 Å². The number of carboxylic acids is 1. The molecule has 0 bridgehead atoms. The third kappa shape index (κ3) is 5.18. The Bertz CT molecular complexity index is 751. The summed E-state index contributed by atoms with van der Waals surface area (Å²) in [5.41, 5.74) is 0. The first-order valence-corrected chi connectivity index (χ1v) is 10.3. The molecule has 0 radical (unpaired) electrons. The molecule has 1 fully saturated rings. The number of hydrogen-bond donors (Lipinski definition) is 1. The average Bonchev–Trinajstić information content (AvgIpc) is 2.61. The van der Waals surface area contributed by atoms with E-state index < -0.39 is 21.9 Å². The zero-order chi connectivity index (χ0) is 19.3. The molecule has 0 unspecified atom stereocenters. The first-order chi connectivity index (χ1) is 12.2. The van der Waals surface area contributed by atoms with E-state index in [0.29, 0.717) is 37.4 Å². The van der Waals surface area contributed by atoms with Crippen LogP contribution in [-0.2, 0) is 19.6 Å². The zero-order valence-electron chi connectivity index (χ0n) is 14.6. The SMILES string of the molecule is CN(CCCC(=O)O)C(=O)[C@@H]1CCCN(S(=O)(=O)c2ccc(Cl)cc2)C1. The van der Waals surface area contributed by atoms with Gasteiger partial charge in [0.2, 0.25) is 15.9 Å². The van der Waals surface area contributed by atoms with Crippen molar-refractivity contribution in [3.63, 3.8) is 0 Å². The van der Waals surface area contributed by atoms with Crippen molar-refractivity contribution in [1.82, 2.24) is 9.21 Å². The van der Waals surface area contributed by atoms with Crippen molar-refractivity contribution in [2.75, 3.05) is 26.7 Å². The highest BCUT2D eigenvalue weighted by molar-refractivity contribution is 7.89. The molecule has 0 saturated carbocycles. The standard InChI is InChI=1S/C17H23ClN2O5S/c1-19(10-3-5-16(21)22)17(23)13-4-2-11-20(12-13)26(24,25)15-8-6-14(18)7-9-15/h6-9,13H,2-5,10-12H2,1H3,(H,21,22)/t13-/m1/s1. The summed E-state index contributed by atoms with van der Waals surface area (Å²) < 4.78 is 26.9. The van der Waals surface area contributed by atoms with Gasteiger partial charge in [-0.15, -0.1) is 0 Å². The lowest BCUT2D eigenvalue weighted by Crippen LogP contribution is -2.46. The Labute approximate surface area is 158 Å². The van der Waals surface area contributed by atoms with Gasteiger partial charge in [0, 0.05) is 38.1 Å². The largest absolute Gasteiger partial charge is 0.481 e. The Balaban J connectivity index is 2.02. The van der Waals surface area contributed by atoms with E-state index in [1.165, 1.54) is 33.5 Å². The molecular weight excluding hydrogens is 380 g/mol. The minimum atomic E-state index is -3.67. The van der Waals surface area contributed by atoms with Crippen LogP contribution in [0.2, 0.25) is 5.02 Å². The van der Waals surface area contributed by atoms with Gasteiger partial charge in [0.15, 0.2) is 0 Å². The number of benzene rings is 1. The Morgan fingerprint density at radius 1 is 1.31 bits per heavy atom. The molecule has 144 valence electrons. The van der Waals surface area contributed by atoms with Crippen LogP contribution in [-0.4, -0.2) is 61.3 Å². The molecule has 7 nitrogen and oxygen atoms in total. The predicted molar refractivity (Wildman–Crippen MR) is 97.4 cm³/mol. The molecule has 1 heterocycles. The van der Waals surface area contributed by atoms with E-state index in [2.05, 4.69) is 0 Å². The number of amides is 1. The molecule has 26 heavy (non-hydrogen) atoms. The Kier molecular flexibility index (Phi) is 7.02. The van der Waals surface area contributed by atoms with Crippen LogP contribution in [0.25, 0.3) is 0 Å².